The van der Waals surface area contributed by atoms with Gasteiger partial charge in [0.05, 0.1) is 5.56 Å². The van der Waals surface area contributed by atoms with Gasteiger partial charge in [0, 0.05) is 19.3 Å². The lowest BCUT2D eigenvalue weighted by molar-refractivity contribution is 0.0955. The van der Waals surface area contributed by atoms with Crippen molar-refractivity contribution in [3.63, 3.8) is 0 Å². The molecule has 116 valence electrons. The molecule has 0 saturated carbocycles. The van der Waals surface area contributed by atoms with Crippen LogP contribution in [0.25, 0.3) is 0 Å². The third-order valence-corrected chi connectivity index (χ3v) is 3.51. The van der Waals surface area contributed by atoms with Gasteiger partial charge in [-0.1, -0.05) is 31.2 Å². The maximum atomic E-state index is 11.6. The number of hydrogen-bond acceptors (Lipinski definition) is 3. The van der Waals surface area contributed by atoms with Crippen molar-refractivity contribution in [2.24, 2.45) is 0 Å². The maximum absolute atomic E-state index is 11.6. The van der Waals surface area contributed by atoms with Gasteiger partial charge in [0.2, 0.25) is 0 Å². The summed E-state index contributed by atoms with van der Waals surface area (Å²) in [6.07, 6.45) is 3.62. The van der Waals surface area contributed by atoms with Crippen molar-refractivity contribution in [3.8, 4) is 0 Å². The molecule has 0 saturated heterocycles. The lowest BCUT2D eigenvalue weighted by Gasteiger charge is -2.07. The van der Waals surface area contributed by atoms with Crippen LogP contribution in [0, 0.1) is 0 Å². The number of carbonyl (C=O) groups excluding carboxylic acids is 1. The summed E-state index contributed by atoms with van der Waals surface area (Å²) < 4.78 is 0. The smallest absolute Gasteiger partial charge is 0.252 e. The molecular weight excluding hydrogens is 274 g/mol. The van der Waals surface area contributed by atoms with E-state index in [0.29, 0.717) is 12.1 Å². The number of benzene rings is 1. The monoisotopic (exact) mass is 297 g/mol. The molecule has 0 atom stereocenters. The van der Waals surface area contributed by atoms with Gasteiger partial charge in [0.1, 0.15) is 5.82 Å². The van der Waals surface area contributed by atoms with Crippen molar-refractivity contribution in [2.75, 3.05) is 18.4 Å². The SMILES string of the molecule is CCNC(=O)c1ccc(NCCc2ccc(CC)cc2)nc1. The molecule has 0 bridgehead atoms. The van der Waals surface area contributed by atoms with E-state index in [4.69, 9.17) is 0 Å². The summed E-state index contributed by atoms with van der Waals surface area (Å²) in [7, 11) is 0. The van der Waals surface area contributed by atoms with E-state index in [1.807, 2.05) is 13.0 Å². The van der Waals surface area contributed by atoms with E-state index in [0.717, 1.165) is 25.2 Å². The Hall–Kier alpha value is -2.36. The fourth-order valence-corrected chi connectivity index (χ4v) is 2.17. The summed E-state index contributed by atoms with van der Waals surface area (Å²) in [5, 5.41) is 6.03. The number of aryl methyl sites for hydroxylation is 1. The van der Waals surface area contributed by atoms with Gasteiger partial charge >= 0.3 is 0 Å². The Morgan fingerprint density at radius 2 is 1.77 bits per heavy atom. The Kier molecular flexibility index (Phi) is 5.95. The van der Waals surface area contributed by atoms with Gasteiger partial charge in [-0.3, -0.25) is 4.79 Å². The number of carbonyl (C=O) groups is 1. The summed E-state index contributed by atoms with van der Waals surface area (Å²) >= 11 is 0. The average molecular weight is 297 g/mol. The minimum absolute atomic E-state index is 0.0856. The molecule has 2 N–H and O–H groups in total. The van der Waals surface area contributed by atoms with Gasteiger partial charge < -0.3 is 10.6 Å². The highest BCUT2D eigenvalue weighted by atomic mass is 16.1. The van der Waals surface area contributed by atoms with E-state index in [2.05, 4.69) is 46.8 Å². The molecule has 1 aromatic heterocycles. The van der Waals surface area contributed by atoms with Crippen LogP contribution in [0.5, 0.6) is 0 Å². The number of nitrogens with zero attached hydrogens (tertiary/aromatic N) is 1. The van der Waals surface area contributed by atoms with Crippen LogP contribution in [0.3, 0.4) is 0 Å². The zero-order valence-electron chi connectivity index (χ0n) is 13.2. The highest BCUT2D eigenvalue weighted by Gasteiger charge is 2.04. The van der Waals surface area contributed by atoms with Crippen LogP contribution in [0.1, 0.15) is 35.3 Å². The number of anilines is 1. The van der Waals surface area contributed by atoms with Gasteiger partial charge in [-0.25, -0.2) is 4.98 Å². The second kappa shape index (κ2) is 8.17. The number of amides is 1. The van der Waals surface area contributed by atoms with E-state index in [1.165, 1.54) is 11.1 Å². The number of rotatable bonds is 7. The molecule has 1 heterocycles. The minimum atomic E-state index is -0.0856. The number of hydrogen-bond donors (Lipinski definition) is 2. The normalized spacial score (nSPS) is 10.3. The standard InChI is InChI=1S/C18H23N3O/c1-3-14-5-7-15(8-6-14)11-12-20-17-10-9-16(13-21-17)18(22)19-4-2/h5-10,13H,3-4,11-12H2,1-2H3,(H,19,22)(H,20,21). The Morgan fingerprint density at radius 1 is 1.05 bits per heavy atom. The predicted molar refractivity (Wildman–Crippen MR) is 90.3 cm³/mol. The Balaban J connectivity index is 1.82. The molecular formula is C18H23N3O. The van der Waals surface area contributed by atoms with Crippen LogP contribution in [-0.4, -0.2) is 24.0 Å². The van der Waals surface area contributed by atoms with E-state index in [1.54, 1.807) is 12.3 Å². The highest BCUT2D eigenvalue weighted by Crippen LogP contribution is 2.08. The topological polar surface area (TPSA) is 54.0 Å². The van der Waals surface area contributed by atoms with Crippen LogP contribution < -0.4 is 10.6 Å². The minimum Gasteiger partial charge on any atom is -0.370 e. The Morgan fingerprint density at radius 3 is 2.36 bits per heavy atom. The van der Waals surface area contributed by atoms with E-state index < -0.39 is 0 Å². The molecule has 1 amide bonds. The molecule has 0 aliphatic rings. The highest BCUT2D eigenvalue weighted by molar-refractivity contribution is 5.93. The van der Waals surface area contributed by atoms with Crippen molar-refractivity contribution in [3.05, 3.63) is 59.3 Å². The zero-order chi connectivity index (χ0) is 15.8. The van der Waals surface area contributed by atoms with E-state index in [9.17, 15) is 4.79 Å². The van der Waals surface area contributed by atoms with Gasteiger partial charge in [-0.15, -0.1) is 0 Å². The first kappa shape index (κ1) is 16.0. The fraction of sp³-hybridized carbons (Fsp3) is 0.333. The molecule has 0 unspecified atom stereocenters. The van der Waals surface area contributed by atoms with Crippen LogP contribution in [0.4, 0.5) is 5.82 Å². The molecule has 2 aromatic rings. The van der Waals surface area contributed by atoms with Crippen LogP contribution in [-0.2, 0) is 12.8 Å². The Labute approximate surface area is 132 Å². The van der Waals surface area contributed by atoms with Crippen LogP contribution in [0.15, 0.2) is 42.6 Å². The van der Waals surface area contributed by atoms with Gasteiger partial charge in [0.15, 0.2) is 0 Å². The molecule has 2 rings (SSSR count). The number of pyridine rings is 1. The largest absolute Gasteiger partial charge is 0.370 e. The predicted octanol–water partition coefficient (Wildman–Crippen LogP) is 3.05. The molecule has 4 nitrogen and oxygen atoms in total. The van der Waals surface area contributed by atoms with Crippen molar-refractivity contribution < 1.29 is 4.79 Å². The van der Waals surface area contributed by atoms with Crippen molar-refractivity contribution in [1.82, 2.24) is 10.3 Å². The van der Waals surface area contributed by atoms with Crippen molar-refractivity contribution in [1.29, 1.82) is 0 Å². The molecule has 1 aromatic carbocycles. The van der Waals surface area contributed by atoms with E-state index in [-0.39, 0.29) is 5.91 Å². The molecule has 0 aliphatic heterocycles. The first-order valence-electron chi connectivity index (χ1n) is 7.79. The first-order valence-corrected chi connectivity index (χ1v) is 7.79. The average Bonchev–Trinajstić information content (AvgIpc) is 2.56. The van der Waals surface area contributed by atoms with Crippen LogP contribution in [0.2, 0.25) is 0 Å². The molecule has 0 radical (unpaired) electrons. The van der Waals surface area contributed by atoms with Crippen molar-refractivity contribution in [2.45, 2.75) is 26.7 Å². The summed E-state index contributed by atoms with van der Waals surface area (Å²) in [4.78, 5) is 15.9. The van der Waals surface area contributed by atoms with Crippen molar-refractivity contribution >= 4 is 11.7 Å². The molecule has 4 heteroatoms. The second-order valence-corrected chi connectivity index (χ2v) is 5.14. The molecule has 22 heavy (non-hydrogen) atoms. The van der Waals surface area contributed by atoms with Gasteiger partial charge in [-0.05, 0) is 43.0 Å². The second-order valence-electron chi connectivity index (χ2n) is 5.14. The summed E-state index contributed by atoms with van der Waals surface area (Å²) in [5.41, 5.74) is 3.26. The third-order valence-electron chi connectivity index (χ3n) is 3.51. The van der Waals surface area contributed by atoms with Gasteiger partial charge in [-0.2, -0.15) is 0 Å². The number of aromatic nitrogens is 1. The maximum Gasteiger partial charge on any atom is 0.252 e. The fourth-order valence-electron chi connectivity index (χ4n) is 2.17. The molecule has 0 spiro atoms. The summed E-state index contributed by atoms with van der Waals surface area (Å²) in [6.45, 7) is 5.50. The zero-order valence-corrected chi connectivity index (χ0v) is 13.2. The lowest BCUT2D eigenvalue weighted by atomic mass is 10.1. The number of nitrogens with one attached hydrogen (secondary N) is 2. The molecule has 0 fully saturated rings. The summed E-state index contributed by atoms with van der Waals surface area (Å²) in [6, 6.07) is 12.3. The third kappa shape index (κ3) is 4.58. The van der Waals surface area contributed by atoms with E-state index >= 15 is 0 Å². The van der Waals surface area contributed by atoms with Crippen LogP contribution >= 0.6 is 0 Å². The quantitative estimate of drug-likeness (QED) is 0.826. The molecule has 0 aliphatic carbocycles. The lowest BCUT2D eigenvalue weighted by Crippen LogP contribution is -2.22. The summed E-state index contributed by atoms with van der Waals surface area (Å²) in [5.74, 6) is 0.704. The Bertz CT molecular complexity index is 591. The van der Waals surface area contributed by atoms with Gasteiger partial charge in [0.25, 0.3) is 5.91 Å². The first-order chi connectivity index (χ1) is 10.7.